The lowest BCUT2D eigenvalue weighted by Gasteiger charge is -2.23. The second-order valence-corrected chi connectivity index (χ2v) is 7.44. The van der Waals surface area contributed by atoms with Crippen molar-refractivity contribution in [3.63, 3.8) is 0 Å². The zero-order chi connectivity index (χ0) is 15.2. The monoisotopic (exact) mass is 293 g/mol. The fourth-order valence-corrected chi connectivity index (χ4v) is 2.89. The molecule has 0 atom stereocenters. The van der Waals surface area contributed by atoms with Crippen LogP contribution in [0.3, 0.4) is 0 Å². The molecule has 3 nitrogen and oxygen atoms in total. The molecule has 1 aromatic carbocycles. The third-order valence-corrected chi connectivity index (χ3v) is 4.43. The van der Waals surface area contributed by atoms with E-state index in [2.05, 4.69) is 11.3 Å². The average Bonchev–Trinajstić information content (AvgIpc) is 2.37. The van der Waals surface area contributed by atoms with Crippen LogP contribution in [0.2, 0.25) is 0 Å². The van der Waals surface area contributed by atoms with E-state index >= 15 is 0 Å². The van der Waals surface area contributed by atoms with Crippen LogP contribution >= 0.6 is 0 Å². The molecule has 0 aromatic heterocycles. The lowest BCUT2D eigenvalue weighted by Crippen LogP contribution is -2.33. The number of hydrogen-bond acceptors (Lipinski definition) is 2. The highest BCUT2D eigenvalue weighted by Crippen LogP contribution is 2.21. The minimum Gasteiger partial charge on any atom is -0.211 e. The highest BCUT2D eigenvalue weighted by atomic mass is 32.2. The summed E-state index contributed by atoms with van der Waals surface area (Å²) >= 11 is 0. The first-order valence-electron chi connectivity index (χ1n) is 6.61. The molecule has 0 heterocycles. The van der Waals surface area contributed by atoms with Gasteiger partial charge >= 0.3 is 0 Å². The Hall–Kier alpha value is -1.39. The molecule has 20 heavy (non-hydrogen) atoms. The summed E-state index contributed by atoms with van der Waals surface area (Å²) in [6.07, 6.45) is 6.37. The maximum Gasteiger partial charge on any atom is 0.240 e. The Morgan fingerprint density at radius 2 is 1.85 bits per heavy atom. The van der Waals surface area contributed by atoms with E-state index in [0.29, 0.717) is 11.4 Å². The molecule has 4 heteroatoms. The fourth-order valence-electron chi connectivity index (χ4n) is 1.65. The van der Waals surface area contributed by atoms with E-state index in [1.807, 2.05) is 32.9 Å². The zero-order valence-electron chi connectivity index (χ0n) is 12.4. The largest absolute Gasteiger partial charge is 0.240 e. The third-order valence-electron chi connectivity index (χ3n) is 3.01. The quantitative estimate of drug-likeness (QED) is 0.783. The van der Waals surface area contributed by atoms with Gasteiger partial charge < -0.3 is 0 Å². The van der Waals surface area contributed by atoms with E-state index in [1.165, 1.54) is 0 Å². The molecule has 110 valence electrons. The summed E-state index contributed by atoms with van der Waals surface area (Å²) in [5.41, 5.74) is 0.899. The van der Waals surface area contributed by atoms with Gasteiger partial charge in [0.25, 0.3) is 0 Å². The van der Waals surface area contributed by atoms with Crippen molar-refractivity contribution in [2.45, 2.75) is 32.1 Å². The highest BCUT2D eigenvalue weighted by Gasteiger charge is 2.21. The first-order chi connectivity index (χ1) is 9.27. The van der Waals surface area contributed by atoms with Crippen molar-refractivity contribution in [3.05, 3.63) is 54.6 Å². The van der Waals surface area contributed by atoms with E-state index in [-0.39, 0.29) is 5.41 Å². The van der Waals surface area contributed by atoms with Crippen LogP contribution in [-0.2, 0) is 10.0 Å². The molecule has 0 amide bonds. The molecule has 0 radical (unpaired) electrons. The van der Waals surface area contributed by atoms with Gasteiger partial charge in [-0.2, -0.15) is 0 Å². The van der Waals surface area contributed by atoms with E-state index in [4.69, 9.17) is 0 Å². The molecule has 0 aliphatic carbocycles. The normalized spacial score (nSPS) is 12.8. The van der Waals surface area contributed by atoms with Crippen LogP contribution in [0.4, 0.5) is 0 Å². The van der Waals surface area contributed by atoms with Gasteiger partial charge in [0, 0.05) is 6.54 Å². The zero-order valence-corrected chi connectivity index (χ0v) is 13.2. The van der Waals surface area contributed by atoms with Gasteiger partial charge in [-0.15, -0.1) is 0 Å². The molecule has 0 saturated heterocycles. The standard InChI is InChI=1S/C16H23NO2S/c1-5-6-7-12-16(3,4)13-17-20(18,19)15-10-8-14(2)9-11-15/h5-11,17H,1,12-13H2,2-4H3/b7-6+. The lowest BCUT2D eigenvalue weighted by atomic mass is 9.89. The summed E-state index contributed by atoms with van der Waals surface area (Å²) in [5, 5.41) is 0. The second kappa shape index (κ2) is 6.86. The minimum atomic E-state index is -3.44. The Bertz CT molecular complexity index is 569. The molecule has 1 aromatic rings. The van der Waals surface area contributed by atoms with Crippen LogP contribution in [0.1, 0.15) is 25.8 Å². The smallest absolute Gasteiger partial charge is 0.211 e. The predicted octanol–water partition coefficient (Wildman–Crippen LogP) is 3.43. The van der Waals surface area contributed by atoms with Gasteiger partial charge in [0.1, 0.15) is 0 Å². The number of rotatable bonds is 7. The highest BCUT2D eigenvalue weighted by molar-refractivity contribution is 7.89. The van der Waals surface area contributed by atoms with E-state index < -0.39 is 10.0 Å². The molecule has 0 aliphatic heterocycles. The van der Waals surface area contributed by atoms with Crippen LogP contribution < -0.4 is 4.72 Å². The maximum atomic E-state index is 12.2. The Morgan fingerprint density at radius 1 is 1.25 bits per heavy atom. The summed E-state index contributed by atoms with van der Waals surface area (Å²) < 4.78 is 27.0. The SMILES string of the molecule is C=C/C=C/CC(C)(C)CNS(=O)(=O)c1ccc(C)cc1. The Morgan fingerprint density at radius 3 is 2.40 bits per heavy atom. The summed E-state index contributed by atoms with van der Waals surface area (Å²) in [6, 6.07) is 6.85. The van der Waals surface area contributed by atoms with E-state index in [9.17, 15) is 8.42 Å². The van der Waals surface area contributed by atoms with Crippen molar-refractivity contribution in [2.75, 3.05) is 6.54 Å². The molecular formula is C16H23NO2S. The molecule has 1 rings (SSSR count). The predicted molar refractivity (Wildman–Crippen MR) is 84.1 cm³/mol. The van der Waals surface area contributed by atoms with Gasteiger partial charge in [0.15, 0.2) is 0 Å². The molecule has 0 aliphatic rings. The van der Waals surface area contributed by atoms with Gasteiger partial charge in [-0.3, -0.25) is 0 Å². The van der Waals surface area contributed by atoms with E-state index in [1.54, 1.807) is 30.3 Å². The van der Waals surface area contributed by atoms with E-state index in [0.717, 1.165) is 12.0 Å². The Labute approximate surface area is 122 Å². The Balaban J connectivity index is 2.70. The summed E-state index contributed by atoms with van der Waals surface area (Å²) in [4.78, 5) is 0.306. The molecule has 0 fully saturated rings. The van der Waals surface area contributed by atoms with Crippen LogP contribution in [0.15, 0.2) is 54.0 Å². The molecule has 0 saturated carbocycles. The van der Waals surface area contributed by atoms with Gasteiger partial charge in [0.05, 0.1) is 4.90 Å². The second-order valence-electron chi connectivity index (χ2n) is 5.67. The molecular weight excluding hydrogens is 270 g/mol. The van der Waals surface area contributed by atoms with Crippen LogP contribution in [0, 0.1) is 12.3 Å². The van der Waals surface area contributed by atoms with Gasteiger partial charge in [-0.1, -0.05) is 56.4 Å². The molecule has 1 N–H and O–H groups in total. The van der Waals surface area contributed by atoms with Crippen molar-refractivity contribution < 1.29 is 8.42 Å². The first kappa shape index (κ1) is 16.7. The number of nitrogens with one attached hydrogen (secondary N) is 1. The summed E-state index contributed by atoms with van der Waals surface area (Å²) in [7, 11) is -3.44. The van der Waals surface area contributed by atoms with Gasteiger partial charge in [-0.25, -0.2) is 13.1 Å². The number of sulfonamides is 1. The average molecular weight is 293 g/mol. The summed E-state index contributed by atoms with van der Waals surface area (Å²) in [6.45, 7) is 9.99. The van der Waals surface area contributed by atoms with Gasteiger partial charge in [0.2, 0.25) is 10.0 Å². The fraction of sp³-hybridized carbons (Fsp3) is 0.375. The lowest BCUT2D eigenvalue weighted by molar-refractivity contribution is 0.368. The topological polar surface area (TPSA) is 46.2 Å². The van der Waals surface area contributed by atoms with Crippen molar-refractivity contribution >= 4 is 10.0 Å². The van der Waals surface area contributed by atoms with Crippen molar-refractivity contribution in [3.8, 4) is 0 Å². The number of benzene rings is 1. The van der Waals surface area contributed by atoms with Crippen molar-refractivity contribution in [2.24, 2.45) is 5.41 Å². The van der Waals surface area contributed by atoms with Crippen LogP contribution in [0.25, 0.3) is 0 Å². The minimum absolute atomic E-state index is 0.142. The summed E-state index contributed by atoms with van der Waals surface area (Å²) in [5.74, 6) is 0. The first-order valence-corrected chi connectivity index (χ1v) is 8.09. The number of allylic oxidation sites excluding steroid dienone is 3. The molecule has 0 spiro atoms. The van der Waals surface area contributed by atoms with Crippen molar-refractivity contribution in [1.82, 2.24) is 4.72 Å². The maximum absolute atomic E-state index is 12.2. The number of hydrogen-bond donors (Lipinski definition) is 1. The van der Waals surface area contributed by atoms with Gasteiger partial charge in [-0.05, 0) is 30.9 Å². The number of aryl methyl sites for hydroxylation is 1. The molecule has 0 bridgehead atoms. The molecule has 0 unspecified atom stereocenters. The van der Waals surface area contributed by atoms with Crippen molar-refractivity contribution in [1.29, 1.82) is 0 Å². The third kappa shape index (κ3) is 5.31. The van der Waals surface area contributed by atoms with Crippen LogP contribution in [-0.4, -0.2) is 15.0 Å². The van der Waals surface area contributed by atoms with Crippen LogP contribution in [0.5, 0.6) is 0 Å². The Kier molecular flexibility index (Phi) is 5.72.